The molecular formula is C12H11BrN2. The van der Waals surface area contributed by atoms with E-state index in [1.165, 1.54) is 23.8 Å². The van der Waals surface area contributed by atoms with E-state index >= 15 is 0 Å². The molecule has 2 aromatic heterocycles. The van der Waals surface area contributed by atoms with E-state index in [-0.39, 0.29) is 0 Å². The van der Waals surface area contributed by atoms with Crippen LogP contribution in [0.3, 0.4) is 0 Å². The van der Waals surface area contributed by atoms with Crippen molar-refractivity contribution in [2.75, 3.05) is 0 Å². The predicted molar refractivity (Wildman–Crippen MR) is 65.6 cm³/mol. The highest BCUT2D eigenvalue weighted by atomic mass is 79.9. The van der Waals surface area contributed by atoms with Crippen molar-refractivity contribution in [2.24, 2.45) is 5.92 Å². The van der Waals surface area contributed by atoms with Crippen LogP contribution in [0.15, 0.2) is 29.0 Å². The molecule has 1 saturated carbocycles. The van der Waals surface area contributed by atoms with Crippen molar-refractivity contribution in [3.63, 3.8) is 0 Å². The van der Waals surface area contributed by atoms with Gasteiger partial charge in [-0.25, -0.2) is 4.98 Å². The quantitative estimate of drug-likeness (QED) is 0.878. The number of pyridine rings is 1. The summed E-state index contributed by atoms with van der Waals surface area (Å²) in [6, 6.07) is 2.10. The second kappa shape index (κ2) is 3.49. The Bertz CT molecular complexity index is 523. The number of aromatic nitrogens is 2. The molecule has 1 aliphatic carbocycles. The fourth-order valence-electron chi connectivity index (χ4n) is 1.66. The summed E-state index contributed by atoms with van der Waals surface area (Å²) in [6.07, 6.45) is 11.0. The maximum Gasteiger partial charge on any atom is 0.137 e. The Balaban J connectivity index is 2.05. The van der Waals surface area contributed by atoms with Gasteiger partial charge >= 0.3 is 0 Å². The first-order chi connectivity index (χ1) is 7.33. The second-order valence-electron chi connectivity index (χ2n) is 3.99. The van der Waals surface area contributed by atoms with Gasteiger partial charge in [0.15, 0.2) is 0 Å². The van der Waals surface area contributed by atoms with Gasteiger partial charge in [0, 0.05) is 27.8 Å². The molecule has 0 spiro atoms. The summed E-state index contributed by atoms with van der Waals surface area (Å²) in [4.78, 5) is 7.48. The van der Waals surface area contributed by atoms with Crippen LogP contribution < -0.4 is 0 Å². The molecule has 15 heavy (non-hydrogen) atoms. The van der Waals surface area contributed by atoms with Crippen molar-refractivity contribution >= 4 is 33.0 Å². The molecule has 1 N–H and O–H groups in total. The molecule has 2 nitrogen and oxygen atoms in total. The van der Waals surface area contributed by atoms with Gasteiger partial charge in [0.1, 0.15) is 5.65 Å². The minimum Gasteiger partial charge on any atom is -0.346 e. The molecule has 0 atom stereocenters. The first kappa shape index (κ1) is 9.16. The average Bonchev–Trinajstić information content (AvgIpc) is 2.97. The van der Waals surface area contributed by atoms with Crippen LogP contribution in [-0.4, -0.2) is 9.97 Å². The minimum absolute atomic E-state index is 0.815. The van der Waals surface area contributed by atoms with Crippen molar-refractivity contribution in [3.05, 3.63) is 34.6 Å². The lowest BCUT2D eigenvalue weighted by Gasteiger charge is -1.92. The van der Waals surface area contributed by atoms with E-state index in [1.807, 2.05) is 12.4 Å². The van der Waals surface area contributed by atoms with Gasteiger partial charge in [-0.3, -0.25) is 0 Å². The molecule has 1 aliphatic rings. The number of aromatic amines is 1. The van der Waals surface area contributed by atoms with E-state index in [0.29, 0.717) is 0 Å². The Morgan fingerprint density at radius 1 is 1.47 bits per heavy atom. The Kier molecular flexibility index (Phi) is 2.13. The second-order valence-corrected chi connectivity index (χ2v) is 4.91. The van der Waals surface area contributed by atoms with Gasteiger partial charge in [-0.1, -0.05) is 12.2 Å². The number of nitrogens with zero attached hydrogens (tertiary/aromatic N) is 1. The Hall–Kier alpha value is -1.09. The number of rotatable bonds is 2. The smallest absolute Gasteiger partial charge is 0.137 e. The number of H-pyrrole nitrogens is 1. The summed E-state index contributed by atoms with van der Waals surface area (Å²) in [5, 5.41) is 1.18. The van der Waals surface area contributed by atoms with Crippen molar-refractivity contribution in [2.45, 2.75) is 12.8 Å². The van der Waals surface area contributed by atoms with Crippen molar-refractivity contribution in [3.8, 4) is 0 Å². The number of hydrogen-bond donors (Lipinski definition) is 1. The van der Waals surface area contributed by atoms with E-state index in [9.17, 15) is 0 Å². The Morgan fingerprint density at radius 2 is 2.33 bits per heavy atom. The number of nitrogens with one attached hydrogen (secondary N) is 1. The Morgan fingerprint density at radius 3 is 3.13 bits per heavy atom. The fourth-order valence-corrected chi connectivity index (χ4v) is 2.00. The van der Waals surface area contributed by atoms with Crippen LogP contribution in [0.1, 0.15) is 18.4 Å². The van der Waals surface area contributed by atoms with Crippen LogP contribution in [0.25, 0.3) is 17.1 Å². The molecule has 0 bridgehead atoms. The molecule has 0 aromatic carbocycles. The summed E-state index contributed by atoms with van der Waals surface area (Å²) in [7, 11) is 0. The van der Waals surface area contributed by atoms with E-state index in [4.69, 9.17) is 0 Å². The van der Waals surface area contributed by atoms with E-state index in [2.05, 4.69) is 44.1 Å². The summed E-state index contributed by atoms with van der Waals surface area (Å²) in [6.45, 7) is 0. The minimum atomic E-state index is 0.815. The van der Waals surface area contributed by atoms with Crippen molar-refractivity contribution < 1.29 is 0 Å². The van der Waals surface area contributed by atoms with E-state index in [1.54, 1.807) is 0 Å². The number of halogens is 1. The average molecular weight is 263 g/mol. The van der Waals surface area contributed by atoms with Crippen LogP contribution in [0.5, 0.6) is 0 Å². The number of allylic oxidation sites excluding steroid dienone is 1. The van der Waals surface area contributed by atoms with Gasteiger partial charge in [-0.05, 0) is 40.8 Å². The highest BCUT2D eigenvalue weighted by Gasteiger charge is 2.17. The van der Waals surface area contributed by atoms with Crippen LogP contribution in [0, 0.1) is 5.92 Å². The normalized spacial score (nSPS) is 16.6. The maximum atomic E-state index is 4.31. The monoisotopic (exact) mass is 262 g/mol. The zero-order chi connectivity index (χ0) is 10.3. The highest BCUT2D eigenvalue weighted by Crippen LogP contribution is 2.31. The zero-order valence-electron chi connectivity index (χ0n) is 8.20. The molecule has 0 saturated heterocycles. The van der Waals surface area contributed by atoms with Crippen molar-refractivity contribution in [1.82, 2.24) is 9.97 Å². The molecule has 0 amide bonds. The lowest BCUT2D eigenvalue weighted by Crippen LogP contribution is -1.75. The van der Waals surface area contributed by atoms with Crippen LogP contribution in [-0.2, 0) is 0 Å². The van der Waals surface area contributed by atoms with Gasteiger partial charge in [-0.2, -0.15) is 0 Å². The molecule has 3 heteroatoms. The zero-order valence-corrected chi connectivity index (χ0v) is 9.79. The summed E-state index contributed by atoms with van der Waals surface area (Å²) >= 11 is 3.44. The van der Waals surface area contributed by atoms with Gasteiger partial charge in [0.05, 0.1) is 0 Å². The summed E-state index contributed by atoms with van der Waals surface area (Å²) in [5.41, 5.74) is 2.18. The van der Waals surface area contributed by atoms with Gasteiger partial charge < -0.3 is 4.98 Å². The lowest BCUT2D eigenvalue weighted by atomic mass is 10.2. The van der Waals surface area contributed by atoms with E-state index in [0.717, 1.165) is 16.0 Å². The van der Waals surface area contributed by atoms with Crippen LogP contribution >= 0.6 is 15.9 Å². The maximum absolute atomic E-state index is 4.31. The fraction of sp³-hybridized carbons (Fsp3) is 0.250. The highest BCUT2D eigenvalue weighted by molar-refractivity contribution is 9.10. The number of fused-ring (bicyclic) bond motifs is 1. The Labute approximate surface area is 96.5 Å². The molecule has 76 valence electrons. The van der Waals surface area contributed by atoms with Gasteiger partial charge in [0.2, 0.25) is 0 Å². The largest absolute Gasteiger partial charge is 0.346 e. The van der Waals surface area contributed by atoms with Crippen LogP contribution in [0.4, 0.5) is 0 Å². The first-order valence-electron chi connectivity index (χ1n) is 5.14. The third-order valence-corrected chi connectivity index (χ3v) is 3.13. The third kappa shape index (κ3) is 1.84. The molecule has 2 aromatic rings. The molecular weight excluding hydrogens is 252 g/mol. The van der Waals surface area contributed by atoms with Crippen LogP contribution in [0.2, 0.25) is 0 Å². The van der Waals surface area contributed by atoms with Gasteiger partial charge in [-0.15, -0.1) is 0 Å². The topological polar surface area (TPSA) is 28.7 Å². The molecule has 2 heterocycles. The molecule has 3 rings (SSSR count). The molecule has 0 unspecified atom stereocenters. The van der Waals surface area contributed by atoms with Gasteiger partial charge in [0.25, 0.3) is 0 Å². The summed E-state index contributed by atoms with van der Waals surface area (Å²) in [5.74, 6) is 0.815. The first-order valence-corrected chi connectivity index (χ1v) is 5.93. The predicted octanol–water partition coefficient (Wildman–Crippen LogP) is 3.75. The molecule has 0 radical (unpaired) electrons. The third-order valence-electron chi connectivity index (χ3n) is 2.70. The van der Waals surface area contributed by atoms with Crippen molar-refractivity contribution in [1.29, 1.82) is 0 Å². The molecule has 0 aliphatic heterocycles. The van der Waals surface area contributed by atoms with E-state index < -0.39 is 0 Å². The number of hydrogen-bond acceptors (Lipinski definition) is 1. The SMILES string of the molecule is Brc1cnc2[nH]cc(/C=C/C3CC3)c2c1. The molecule has 1 fully saturated rings. The summed E-state index contributed by atoms with van der Waals surface area (Å²) < 4.78 is 1.02. The standard InChI is InChI=1S/C12H11BrN2/c13-10-5-11-9(4-3-8-1-2-8)6-14-12(11)15-7-10/h3-8H,1-2H2,(H,14,15)/b4-3+. The lowest BCUT2D eigenvalue weighted by molar-refractivity contribution is 1.13.